The normalized spacial score (nSPS) is 10.9. The van der Waals surface area contributed by atoms with E-state index in [1.807, 2.05) is 0 Å². The van der Waals surface area contributed by atoms with Crippen molar-refractivity contribution in [2.24, 2.45) is 10.2 Å². The summed E-state index contributed by atoms with van der Waals surface area (Å²) in [7, 11) is 0. The SMILES string of the molecule is CCC(=O)Oc1ccc(Cc2ccc(OC(=O)CC)c(/C=N/Nc3ccc([N+](=O)[O-])cc3[N+](=O)[O-])c2)cc1/C=N/Nc1ccc([N+](=O)[O-])cc1[N+](=O)[O-]. The first-order chi connectivity index (χ1) is 25.3. The molecule has 53 heavy (non-hydrogen) atoms. The van der Waals surface area contributed by atoms with Gasteiger partial charge in [-0.2, -0.15) is 10.2 Å². The topological polar surface area (TPSA) is 274 Å². The van der Waals surface area contributed by atoms with Crippen LogP contribution in [-0.4, -0.2) is 44.1 Å². The molecule has 0 aliphatic heterocycles. The predicted octanol–water partition coefficient (Wildman–Crippen LogP) is 6.43. The fraction of sp³-hybridized carbons (Fsp3) is 0.152. The largest absolute Gasteiger partial charge is 0.426 e. The van der Waals surface area contributed by atoms with Crippen molar-refractivity contribution in [2.45, 2.75) is 33.1 Å². The summed E-state index contributed by atoms with van der Waals surface area (Å²) in [5, 5.41) is 53.2. The number of nitro benzene ring substituents is 4. The molecule has 272 valence electrons. The Morgan fingerprint density at radius 1 is 0.604 bits per heavy atom. The third kappa shape index (κ3) is 10.2. The summed E-state index contributed by atoms with van der Waals surface area (Å²) in [6.07, 6.45) is 2.89. The van der Waals surface area contributed by atoms with Gasteiger partial charge in [-0.3, -0.25) is 60.9 Å². The minimum Gasteiger partial charge on any atom is -0.426 e. The smallest absolute Gasteiger partial charge is 0.310 e. The second-order valence-corrected chi connectivity index (χ2v) is 10.7. The van der Waals surface area contributed by atoms with E-state index >= 15 is 0 Å². The molecule has 0 aromatic heterocycles. The molecule has 0 radical (unpaired) electrons. The van der Waals surface area contributed by atoms with E-state index in [4.69, 9.17) is 9.47 Å². The number of hydrogen-bond donors (Lipinski definition) is 2. The number of carbonyl (C=O) groups excluding carboxylic acids is 2. The van der Waals surface area contributed by atoms with Gasteiger partial charge in [-0.05, 0) is 53.9 Å². The number of anilines is 2. The van der Waals surface area contributed by atoms with Gasteiger partial charge in [0, 0.05) is 36.1 Å². The maximum absolute atomic E-state index is 12.1. The molecule has 4 aromatic rings. The van der Waals surface area contributed by atoms with Gasteiger partial charge in [0.25, 0.3) is 11.4 Å². The van der Waals surface area contributed by atoms with Gasteiger partial charge in [-0.25, -0.2) is 0 Å². The van der Waals surface area contributed by atoms with E-state index in [1.165, 1.54) is 24.6 Å². The molecule has 4 aromatic carbocycles. The molecule has 20 heteroatoms. The zero-order valence-electron chi connectivity index (χ0n) is 27.8. The number of hydrogen-bond acceptors (Lipinski definition) is 16. The standard InChI is InChI=1S/C33H28N8O12/c1-3-32(42)52-30-11-5-20(14-22(30)18-34-36-26-9-7-24(38(44)45)16-28(26)40(48)49)13-21-6-12-31(53-33(43)4-2)23(15-21)19-35-37-27-10-8-25(39(46)47)17-29(27)41(50)51/h5-12,14-19,36-37H,3-4,13H2,1-2H3/b34-18+,35-19+. The number of hydrazone groups is 2. The number of nitrogens with zero attached hydrogens (tertiary/aromatic N) is 6. The van der Waals surface area contributed by atoms with Crippen molar-refractivity contribution in [2.75, 3.05) is 10.9 Å². The van der Waals surface area contributed by atoms with Crippen LogP contribution in [0.5, 0.6) is 11.5 Å². The maximum Gasteiger partial charge on any atom is 0.310 e. The number of ether oxygens (including phenoxy) is 2. The van der Waals surface area contributed by atoms with Gasteiger partial charge in [0.05, 0.1) is 44.3 Å². The first kappa shape index (κ1) is 38.2. The molecule has 0 aliphatic rings. The summed E-state index contributed by atoms with van der Waals surface area (Å²) >= 11 is 0. The molecule has 0 saturated carbocycles. The number of benzene rings is 4. The van der Waals surface area contributed by atoms with Crippen molar-refractivity contribution in [3.05, 3.63) is 136 Å². The van der Waals surface area contributed by atoms with E-state index in [1.54, 1.807) is 38.1 Å². The molecule has 0 heterocycles. The number of carbonyl (C=O) groups is 2. The minimum absolute atomic E-state index is 0.0667. The van der Waals surface area contributed by atoms with Crippen molar-refractivity contribution >= 4 is 58.5 Å². The first-order valence-electron chi connectivity index (χ1n) is 15.4. The van der Waals surface area contributed by atoms with Gasteiger partial charge in [-0.15, -0.1) is 0 Å². The Morgan fingerprint density at radius 3 is 1.34 bits per heavy atom. The molecule has 0 unspecified atom stereocenters. The minimum atomic E-state index is -0.803. The lowest BCUT2D eigenvalue weighted by molar-refractivity contribution is -0.393. The molecule has 2 N–H and O–H groups in total. The Balaban J connectivity index is 1.64. The van der Waals surface area contributed by atoms with Crippen LogP contribution in [0.15, 0.2) is 83.0 Å². The second-order valence-electron chi connectivity index (χ2n) is 10.7. The van der Waals surface area contributed by atoms with Gasteiger partial charge < -0.3 is 9.47 Å². The maximum atomic E-state index is 12.1. The lowest BCUT2D eigenvalue weighted by Gasteiger charge is -2.11. The molecule has 4 rings (SSSR count). The first-order valence-corrected chi connectivity index (χ1v) is 15.4. The van der Waals surface area contributed by atoms with E-state index in [2.05, 4.69) is 21.1 Å². The van der Waals surface area contributed by atoms with Gasteiger partial charge in [0.15, 0.2) is 0 Å². The lowest BCUT2D eigenvalue weighted by Crippen LogP contribution is -2.08. The summed E-state index contributed by atoms with van der Waals surface area (Å²) in [6.45, 7) is 3.20. The van der Waals surface area contributed by atoms with E-state index in [0.29, 0.717) is 22.3 Å². The van der Waals surface area contributed by atoms with E-state index in [0.717, 1.165) is 36.4 Å². The van der Waals surface area contributed by atoms with Crippen molar-refractivity contribution in [1.29, 1.82) is 0 Å². The fourth-order valence-corrected chi connectivity index (χ4v) is 4.53. The Morgan fingerprint density at radius 2 is 1.00 bits per heavy atom. The Kier molecular flexibility index (Phi) is 12.5. The van der Waals surface area contributed by atoms with Gasteiger partial charge >= 0.3 is 23.3 Å². The zero-order chi connectivity index (χ0) is 38.7. The van der Waals surface area contributed by atoms with Crippen LogP contribution >= 0.6 is 0 Å². The summed E-state index contributed by atoms with van der Waals surface area (Å²) in [4.78, 5) is 66.3. The Bertz CT molecular complexity index is 2020. The van der Waals surface area contributed by atoms with Crippen LogP contribution in [-0.2, 0) is 16.0 Å². The van der Waals surface area contributed by atoms with Crippen LogP contribution in [0.3, 0.4) is 0 Å². The van der Waals surface area contributed by atoms with Crippen LogP contribution in [0.25, 0.3) is 0 Å². The highest BCUT2D eigenvalue weighted by atomic mass is 16.6. The molecule has 0 aliphatic carbocycles. The van der Waals surface area contributed by atoms with Crippen LogP contribution < -0.4 is 20.3 Å². The number of nitrogens with one attached hydrogen (secondary N) is 2. The van der Waals surface area contributed by atoms with Crippen molar-refractivity contribution < 1.29 is 38.8 Å². The monoisotopic (exact) mass is 728 g/mol. The molecular weight excluding hydrogens is 700 g/mol. The molecular formula is C33H28N8O12. The molecule has 0 spiro atoms. The van der Waals surface area contributed by atoms with Gasteiger partial charge in [0.2, 0.25) is 0 Å². The van der Waals surface area contributed by atoms with Crippen molar-refractivity contribution in [3.8, 4) is 11.5 Å². The average molecular weight is 729 g/mol. The van der Waals surface area contributed by atoms with E-state index in [9.17, 15) is 50.0 Å². The number of esters is 2. The van der Waals surface area contributed by atoms with E-state index in [-0.39, 0.29) is 42.1 Å². The average Bonchev–Trinajstić information content (AvgIpc) is 3.13. The molecule has 20 nitrogen and oxygen atoms in total. The molecule has 0 fully saturated rings. The van der Waals surface area contributed by atoms with Gasteiger partial charge in [-0.1, -0.05) is 26.0 Å². The quantitative estimate of drug-likeness (QED) is 0.0413. The number of nitro groups is 4. The molecule has 0 bridgehead atoms. The lowest BCUT2D eigenvalue weighted by atomic mass is 10.0. The summed E-state index contributed by atoms with van der Waals surface area (Å²) in [6, 6.07) is 15.7. The zero-order valence-corrected chi connectivity index (χ0v) is 27.8. The van der Waals surface area contributed by atoms with E-state index < -0.39 is 54.4 Å². The highest BCUT2D eigenvalue weighted by Gasteiger charge is 2.21. The Labute approximate surface area is 298 Å². The van der Waals surface area contributed by atoms with Crippen molar-refractivity contribution in [3.63, 3.8) is 0 Å². The third-order valence-corrected chi connectivity index (χ3v) is 7.14. The molecule has 0 atom stereocenters. The van der Waals surface area contributed by atoms with Crippen LogP contribution in [0.2, 0.25) is 0 Å². The van der Waals surface area contributed by atoms with Crippen molar-refractivity contribution in [1.82, 2.24) is 0 Å². The Hall–Kier alpha value is -7.64. The number of non-ortho nitro benzene ring substituents is 2. The summed E-state index contributed by atoms with van der Waals surface area (Å²) < 4.78 is 10.8. The van der Waals surface area contributed by atoms with Crippen LogP contribution in [0.4, 0.5) is 34.1 Å². The molecule has 0 amide bonds. The highest BCUT2D eigenvalue weighted by molar-refractivity contribution is 5.88. The summed E-state index contributed by atoms with van der Waals surface area (Å²) in [5.74, 6) is -0.823. The second kappa shape index (κ2) is 17.3. The highest BCUT2D eigenvalue weighted by Crippen LogP contribution is 2.31. The number of rotatable bonds is 16. The van der Waals surface area contributed by atoms with Crippen LogP contribution in [0.1, 0.15) is 48.9 Å². The fourth-order valence-electron chi connectivity index (χ4n) is 4.53. The third-order valence-electron chi connectivity index (χ3n) is 7.14. The van der Waals surface area contributed by atoms with Crippen LogP contribution in [0, 0.1) is 40.5 Å². The molecule has 0 saturated heterocycles. The predicted molar refractivity (Wildman–Crippen MR) is 189 cm³/mol. The van der Waals surface area contributed by atoms with Gasteiger partial charge in [0.1, 0.15) is 22.9 Å². The summed E-state index contributed by atoms with van der Waals surface area (Å²) in [5.41, 5.74) is 4.52.